The molecule has 0 fully saturated rings. The number of aromatic nitrogens is 5. The Morgan fingerprint density at radius 1 is 0.541 bits per heavy atom. The molecule has 4 aromatic heterocycles. The Balaban J connectivity index is 1.17. The molecule has 292 valence electrons. The minimum atomic E-state index is -3.22. The maximum atomic E-state index is 7.40. The van der Waals surface area contributed by atoms with E-state index >= 15 is 0 Å². The van der Waals surface area contributed by atoms with Crippen molar-refractivity contribution in [3.05, 3.63) is 220 Å². The van der Waals surface area contributed by atoms with Gasteiger partial charge in [-0.25, -0.2) is 15.0 Å². The highest BCUT2D eigenvalue weighted by atomic mass is 32.1. The zero-order valence-corrected chi connectivity index (χ0v) is 35.6. The third-order valence-corrected chi connectivity index (χ3v) is 18.6. The van der Waals surface area contributed by atoms with E-state index in [0.717, 1.165) is 67.5 Å². The van der Waals surface area contributed by atoms with Gasteiger partial charge in [-0.15, -0.1) is 22.7 Å². The average molecular weight is 840 g/mol. The number of imidazole rings is 2. The first-order chi connectivity index (χ1) is 30.2. The van der Waals surface area contributed by atoms with Gasteiger partial charge in [-0.2, -0.15) is 0 Å². The molecule has 7 aromatic carbocycles. The fraction of sp³-hybridized carbons (Fsp3) is 0.0577. The first-order valence-electron chi connectivity index (χ1n) is 20.5. The molecular formula is C52H37N5OS2Si. The van der Waals surface area contributed by atoms with Crippen molar-refractivity contribution < 1.29 is 4.74 Å². The topological polar surface area (TPSA) is 57.2 Å². The van der Waals surface area contributed by atoms with Crippen LogP contribution in [0.5, 0.6) is 11.5 Å². The second-order valence-corrected chi connectivity index (χ2v) is 21.0. The molecule has 1 aliphatic rings. The Labute approximate surface area is 361 Å². The summed E-state index contributed by atoms with van der Waals surface area (Å²) in [5.41, 5.74) is 13.2. The van der Waals surface area contributed by atoms with Gasteiger partial charge in [-0.1, -0.05) is 133 Å². The molecule has 0 unspecified atom stereocenters. The lowest BCUT2D eigenvalue weighted by molar-refractivity contribution is 0.385. The van der Waals surface area contributed by atoms with Crippen LogP contribution in [-0.2, 0) is 18.3 Å². The molecule has 0 saturated carbocycles. The molecule has 0 atom stereocenters. The van der Waals surface area contributed by atoms with Crippen LogP contribution in [0.4, 0.5) is 0 Å². The number of hydrogen-bond acceptors (Lipinski definition) is 6. The summed E-state index contributed by atoms with van der Waals surface area (Å²) in [6.45, 7) is 0. The molecule has 0 N–H and O–H groups in total. The van der Waals surface area contributed by atoms with Crippen LogP contribution in [0, 0.1) is 0 Å². The van der Waals surface area contributed by atoms with Crippen LogP contribution in [0.15, 0.2) is 198 Å². The fourth-order valence-electron chi connectivity index (χ4n) is 10.1. The summed E-state index contributed by atoms with van der Waals surface area (Å²) in [7, 11) is -3.22. The summed E-state index contributed by atoms with van der Waals surface area (Å²) < 4.78 is 12.0. The van der Waals surface area contributed by atoms with E-state index < -0.39 is 13.5 Å². The lowest BCUT2D eigenvalue weighted by atomic mass is 9.67. The largest absolute Gasteiger partial charge is 0.457 e. The number of para-hydroxylation sites is 6. The zero-order chi connectivity index (χ0) is 40.4. The second kappa shape index (κ2) is 14.4. The smallest absolute Gasteiger partial charge is 0.220 e. The average Bonchev–Trinajstić information content (AvgIpc) is 4.15. The molecule has 0 radical (unpaired) electrons. The van der Waals surface area contributed by atoms with Gasteiger partial charge in [-0.05, 0) is 63.2 Å². The zero-order valence-electron chi connectivity index (χ0n) is 32.9. The lowest BCUT2D eigenvalue weighted by Crippen LogP contribution is -2.75. The SMILES string of the molecule is c1ccc([Si](c2ccccc2)(c2cccc(-n3c4ccccc4n4c5ccccc5nc34)c2)c2cccc3c2Oc2ccccc2C3(Cc2cscn2)Cc2cscn2)cc1. The predicted octanol–water partition coefficient (Wildman–Crippen LogP) is 9.60. The van der Waals surface area contributed by atoms with Crippen LogP contribution in [0.2, 0.25) is 0 Å². The first kappa shape index (κ1) is 36.0. The summed E-state index contributed by atoms with van der Waals surface area (Å²) in [4.78, 5) is 15.0. The maximum Gasteiger partial charge on any atom is 0.220 e. The van der Waals surface area contributed by atoms with E-state index in [4.69, 9.17) is 19.7 Å². The number of benzene rings is 7. The number of hydrogen-bond donors (Lipinski definition) is 0. The van der Waals surface area contributed by atoms with Crippen molar-refractivity contribution in [2.24, 2.45) is 0 Å². The highest BCUT2D eigenvalue weighted by Gasteiger charge is 2.49. The van der Waals surface area contributed by atoms with Gasteiger partial charge in [0, 0.05) is 45.8 Å². The summed E-state index contributed by atoms with van der Waals surface area (Å²) in [5.74, 6) is 2.68. The van der Waals surface area contributed by atoms with Crippen molar-refractivity contribution in [1.29, 1.82) is 0 Å². The number of ether oxygens (including phenoxy) is 1. The van der Waals surface area contributed by atoms with E-state index in [0.29, 0.717) is 12.8 Å². The van der Waals surface area contributed by atoms with E-state index in [-0.39, 0.29) is 0 Å². The van der Waals surface area contributed by atoms with Gasteiger partial charge < -0.3 is 4.74 Å². The highest BCUT2D eigenvalue weighted by Crippen LogP contribution is 2.51. The van der Waals surface area contributed by atoms with Crippen molar-refractivity contribution in [3.8, 4) is 17.2 Å². The van der Waals surface area contributed by atoms with Crippen molar-refractivity contribution in [1.82, 2.24) is 23.9 Å². The quantitative estimate of drug-likeness (QED) is 0.107. The van der Waals surface area contributed by atoms with Crippen molar-refractivity contribution in [3.63, 3.8) is 0 Å². The Bertz CT molecular complexity index is 3280. The minimum absolute atomic E-state index is 0.504. The Morgan fingerprint density at radius 2 is 1.13 bits per heavy atom. The van der Waals surface area contributed by atoms with Gasteiger partial charge in [0.25, 0.3) is 0 Å². The van der Waals surface area contributed by atoms with Gasteiger partial charge in [-0.3, -0.25) is 8.97 Å². The normalized spacial score (nSPS) is 13.3. The molecular weight excluding hydrogens is 803 g/mol. The van der Waals surface area contributed by atoms with E-state index in [9.17, 15) is 0 Å². The number of fused-ring (bicyclic) bond motifs is 7. The van der Waals surface area contributed by atoms with Gasteiger partial charge >= 0.3 is 0 Å². The number of rotatable bonds is 9. The van der Waals surface area contributed by atoms with Crippen LogP contribution in [0.3, 0.4) is 0 Å². The van der Waals surface area contributed by atoms with E-state index in [1.54, 1.807) is 22.7 Å². The van der Waals surface area contributed by atoms with Crippen LogP contribution < -0.4 is 25.5 Å². The predicted molar refractivity (Wildman–Crippen MR) is 252 cm³/mol. The molecule has 12 rings (SSSR count). The van der Waals surface area contributed by atoms with Crippen molar-refractivity contribution in [2.75, 3.05) is 0 Å². The molecule has 0 bridgehead atoms. The monoisotopic (exact) mass is 839 g/mol. The molecule has 6 nitrogen and oxygen atoms in total. The highest BCUT2D eigenvalue weighted by molar-refractivity contribution is 7.20. The lowest BCUT2D eigenvalue weighted by Gasteiger charge is -2.43. The molecule has 1 aliphatic heterocycles. The number of nitrogens with zero attached hydrogens (tertiary/aromatic N) is 5. The van der Waals surface area contributed by atoms with Crippen LogP contribution in [0.25, 0.3) is 33.5 Å². The fourth-order valence-corrected chi connectivity index (χ4v) is 16.1. The minimum Gasteiger partial charge on any atom is -0.457 e. The van der Waals surface area contributed by atoms with Gasteiger partial charge in [0.1, 0.15) is 11.5 Å². The third kappa shape index (κ3) is 5.54. The van der Waals surface area contributed by atoms with Crippen molar-refractivity contribution >= 4 is 79.3 Å². The summed E-state index contributed by atoms with van der Waals surface area (Å²) in [6, 6.07) is 64.0. The van der Waals surface area contributed by atoms with E-state index in [1.807, 2.05) is 11.0 Å². The molecule has 0 aliphatic carbocycles. The van der Waals surface area contributed by atoms with Crippen LogP contribution in [-0.4, -0.2) is 32.0 Å². The molecule has 0 spiro atoms. The third-order valence-electron chi connectivity index (χ3n) is 12.5. The van der Waals surface area contributed by atoms with Crippen molar-refractivity contribution in [2.45, 2.75) is 18.3 Å². The standard InChI is InChI=1S/C52H37N5OS2Si/c1-3-16-39(17-4-1)61(40-18-5-2-6-19-40,41-20-13-15-38(29-41)56-46-25-10-11-26-47(46)57-45-24-9-8-23-44(45)55-51(56)57)49-28-14-22-43-50(49)58-48-27-12-7-21-42(48)52(43,30-36-32-59-34-53-36)31-37-33-60-35-54-37/h1-29,32-35H,30-31H2. The summed E-state index contributed by atoms with van der Waals surface area (Å²) in [5, 5.41) is 9.36. The Hall–Kier alpha value is -6.91. The maximum absolute atomic E-state index is 7.40. The summed E-state index contributed by atoms with van der Waals surface area (Å²) in [6.07, 6.45) is 1.42. The van der Waals surface area contributed by atoms with Crippen LogP contribution >= 0.6 is 22.7 Å². The molecule has 0 amide bonds. The molecule has 11 aromatic rings. The van der Waals surface area contributed by atoms with Gasteiger partial charge in [0.2, 0.25) is 5.78 Å². The Morgan fingerprint density at radius 3 is 1.84 bits per heavy atom. The first-order valence-corrected chi connectivity index (χ1v) is 24.3. The van der Waals surface area contributed by atoms with E-state index in [1.165, 1.54) is 20.7 Å². The molecule has 61 heavy (non-hydrogen) atoms. The molecule has 5 heterocycles. The number of thiazole rings is 2. The van der Waals surface area contributed by atoms with Crippen LogP contribution in [0.1, 0.15) is 22.5 Å². The second-order valence-electron chi connectivity index (χ2n) is 15.8. The summed E-state index contributed by atoms with van der Waals surface area (Å²) >= 11 is 3.28. The van der Waals surface area contributed by atoms with Gasteiger partial charge in [0.05, 0.1) is 44.5 Å². The molecule has 0 saturated heterocycles. The Kier molecular flexibility index (Phi) is 8.48. The molecule has 9 heteroatoms. The van der Waals surface area contributed by atoms with E-state index in [2.05, 4.69) is 196 Å². The van der Waals surface area contributed by atoms with Gasteiger partial charge in [0.15, 0.2) is 8.07 Å².